The molecule has 0 radical (unpaired) electrons. The Labute approximate surface area is 97.1 Å². The summed E-state index contributed by atoms with van der Waals surface area (Å²) >= 11 is 0. The standard InChI is InChI=1S/C11H12N2O4/c12-11(17)10(16)9(15)5-1-2-7-6(3-5)4-8(14)13-7/h1-3,9-10,15-16H,4H2,(H2,12,17)(H,13,14). The highest BCUT2D eigenvalue weighted by atomic mass is 16.3. The van der Waals surface area contributed by atoms with Crippen LogP contribution in [0.4, 0.5) is 5.69 Å². The average Bonchev–Trinajstić information content (AvgIpc) is 2.65. The molecule has 17 heavy (non-hydrogen) atoms. The first-order valence-electron chi connectivity index (χ1n) is 5.07. The van der Waals surface area contributed by atoms with Crippen molar-refractivity contribution >= 4 is 17.5 Å². The summed E-state index contributed by atoms with van der Waals surface area (Å²) in [5.74, 6) is -1.12. The van der Waals surface area contributed by atoms with E-state index in [2.05, 4.69) is 5.32 Å². The summed E-state index contributed by atoms with van der Waals surface area (Å²) in [4.78, 5) is 21.9. The summed E-state index contributed by atoms with van der Waals surface area (Å²) in [6.45, 7) is 0. The van der Waals surface area contributed by atoms with Crippen molar-refractivity contribution in [3.8, 4) is 0 Å². The van der Waals surface area contributed by atoms with E-state index in [-0.39, 0.29) is 12.3 Å². The molecule has 2 amide bonds. The second-order valence-corrected chi connectivity index (χ2v) is 3.93. The van der Waals surface area contributed by atoms with E-state index in [4.69, 9.17) is 5.73 Å². The van der Waals surface area contributed by atoms with Crippen molar-refractivity contribution in [3.63, 3.8) is 0 Å². The molecule has 1 aromatic rings. The van der Waals surface area contributed by atoms with Crippen molar-refractivity contribution in [1.29, 1.82) is 0 Å². The van der Waals surface area contributed by atoms with E-state index in [1.165, 1.54) is 6.07 Å². The number of aliphatic hydroxyl groups is 2. The highest BCUT2D eigenvalue weighted by Gasteiger charge is 2.25. The molecule has 0 aromatic heterocycles. The fraction of sp³-hybridized carbons (Fsp3) is 0.273. The smallest absolute Gasteiger partial charge is 0.249 e. The van der Waals surface area contributed by atoms with Crippen molar-refractivity contribution in [2.75, 3.05) is 5.32 Å². The lowest BCUT2D eigenvalue weighted by Crippen LogP contribution is -2.33. The molecule has 1 aliphatic rings. The van der Waals surface area contributed by atoms with Gasteiger partial charge in [0.15, 0.2) is 6.10 Å². The predicted octanol–water partition coefficient (Wildman–Crippen LogP) is -0.939. The molecular formula is C11H12N2O4. The molecule has 1 aliphatic heterocycles. The van der Waals surface area contributed by atoms with Gasteiger partial charge in [-0.2, -0.15) is 0 Å². The summed E-state index contributed by atoms with van der Waals surface area (Å²) < 4.78 is 0. The molecule has 2 unspecified atom stereocenters. The van der Waals surface area contributed by atoms with Crippen LogP contribution >= 0.6 is 0 Å². The van der Waals surface area contributed by atoms with Crippen molar-refractivity contribution in [2.24, 2.45) is 5.73 Å². The fourth-order valence-electron chi connectivity index (χ4n) is 1.77. The van der Waals surface area contributed by atoms with Crippen molar-refractivity contribution in [2.45, 2.75) is 18.6 Å². The molecule has 0 spiro atoms. The van der Waals surface area contributed by atoms with Gasteiger partial charge in [-0.05, 0) is 17.2 Å². The van der Waals surface area contributed by atoms with Crippen LogP contribution in [0, 0.1) is 0 Å². The van der Waals surface area contributed by atoms with Crippen LogP contribution < -0.4 is 11.1 Å². The topological polar surface area (TPSA) is 113 Å². The number of amides is 2. The van der Waals surface area contributed by atoms with E-state index < -0.39 is 18.1 Å². The van der Waals surface area contributed by atoms with E-state index in [1.54, 1.807) is 12.1 Å². The van der Waals surface area contributed by atoms with E-state index in [9.17, 15) is 19.8 Å². The lowest BCUT2D eigenvalue weighted by molar-refractivity contribution is -0.132. The summed E-state index contributed by atoms with van der Waals surface area (Å²) in [5.41, 5.74) is 6.65. The summed E-state index contributed by atoms with van der Waals surface area (Å²) in [7, 11) is 0. The van der Waals surface area contributed by atoms with Crippen molar-refractivity contribution in [1.82, 2.24) is 0 Å². The maximum Gasteiger partial charge on any atom is 0.249 e. The molecule has 1 aromatic carbocycles. The second kappa shape index (κ2) is 4.15. The first kappa shape index (κ1) is 11.6. The van der Waals surface area contributed by atoms with Crippen LogP contribution in [0.3, 0.4) is 0 Å². The Balaban J connectivity index is 2.27. The molecule has 2 rings (SSSR count). The minimum Gasteiger partial charge on any atom is -0.385 e. The average molecular weight is 236 g/mol. The monoisotopic (exact) mass is 236 g/mol. The molecule has 2 atom stereocenters. The molecule has 0 aliphatic carbocycles. The van der Waals surface area contributed by atoms with Gasteiger partial charge in [-0.15, -0.1) is 0 Å². The molecule has 90 valence electrons. The lowest BCUT2D eigenvalue weighted by Gasteiger charge is -2.15. The van der Waals surface area contributed by atoms with Crippen LogP contribution in [0.25, 0.3) is 0 Å². The number of aliphatic hydroxyl groups excluding tert-OH is 2. The number of nitrogens with one attached hydrogen (secondary N) is 1. The Morgan fingerprint density at radius 1 is 1.41 bits per heavy atom. The van der Waals surface area contributed by atoms with Crippen molar-refractivity contribution < 1.29 is 19.8 Å². The van der Waals surface area contributed by atoms with Crippen LogP contribution in [0.5, 0.6) is 0 Å². The zero-order chi connectivity index (χ0) is 12.6. The van der Waals surface area contributed by atoms with Gasteiger partial charge >= 0.3 is 0 Å². The van der Waals surface area contributed by atoms with E-state index in [1.807, 2.05) is 0 Å². The minimum atomic E-state index is -1.65. The zero-order valence-electron chi connectivity index (χ0n) is 8.88. The number of hydrogen-bond acceptors (Lipinski definition) is 4. The Morgan fingerprint density at radius 2 is 2.12 bits per heavy atom. The van der Waals surface area contributed by atoms with E-state index in [0.717, 1.165) is 5.56 Å². The fourth-order valence-corrected chi connectivity index (χ4v) is 1.77. The van der Waals surface area contributed by atoms with Gasteiger partial charge < -0.3 is 21.3 Å². The number of fused-ring (bicyclic) bond motifs is 1. The molecule has 5 N–H and O–H groups in total. The number of nitrogens with two attached hydrogens (primary N) is 1. The quantitative estimate of drug-likeness (QED) is 0.542. The second-order valence-electron chi connectivity index (χ2n) is 3.93. The third kappa shape index (κ3) is 2.13. The third-order valence-corrected chi connectivity index (χ3v) is 2.69. The van der Waals surface area contributed by atoms with E-state index in [0.29, 0.717) is 11.3 Å². The van der Waals surface area contributed by atoms with Crippen LogP contribution in [0.2, 0.25) is 0 Å². The number of rotatable bonds is 3. The maximum absolute atomic E-state index is 11.1. The molecule has 6 heteroatoms. The number of carbonyl (C=O) groups is 2. The Bertz CT molecular complexity index is 486. The lowest BCUT2D eigenvalue weighted by atomic mass is 10.0. The molecule has 0 fully saturated rings. The molecule has 0 saturated carbocycles. The van der Waals surface area contributed by atoms with Crippen molar-refractivity contribution in [3.05, 3.63) is 29.3 Å². The number of carbonyl (C=O) groups excluding carboxylic acids is 2. The predicted molar refractivity (Wildman–Crippen MR) is 58.9 cm³/mol. The van der Waals surface area contributed by atoms with Gasteiger partial charge in [-0.25, -0.2) is 0 Å². The first-order chi connectivity index (χ1) is 7.99. The maximum atomic E-state index is 11.1. The summed E-state index contributed by atoms with van der Waals surface area (Å²) in [5, 5.41) is 21.7. The Kier molecular flexibility index (Phi) is 2.83. The molecule has 0 bridgehead atoms. The highest BCUT2D eigenvalue weighted by Crippen LogP contribution is 2.27. The van der Waals surface area contributed by atoms with Crippen LogP contribution in [-0.4, -0.2) is 28.1 Å². The Hall–Kier alpha value is -1.92. The van der Waals surface area contributed by atoms with Gasteiger partial charge in [-0.3, -0.25) is 9.59 Å². The van der Waals surface area contributed by atoms with Gasteiger partial charge in [0, 0.05) is 5.69 Å². The minimum absolute atomic E-state index is 0.123. The van der Waals surface area contributed by atoms with Gasteiger partial charge in [0.2, 0.25) is 11.8 Å². The summed E-state index contributed by atoms with van der Waals surface area (Å²) in [6.07, 6.45) is -2.81. The van der Waals surface area contributed by atoms with Crippen LogP contribution in [0.1, 0.15) is 17.2 Å². The largest absolute Gasteiger partial charge is 0.385 e. The number of primary amides is 1. The first-order valence-corrected chi connectivity index (χ1v) is 5.07. The number of hydrogen-bond donors (Lipinski definition) is 4. The van der Waals surface area contributed by atoms with E-state index >= 15 is 0 Å². The number of anilines is 1. The Morgan fingerprint density at radius 3 is 2.76 bits per heavy atom. The SMILES string of the molecule is NC(=O)C(O)C(O)c1ccc2c(c1)CC(=O)N2. The molecule has 6 nitrogen and oxygen atoms in total. The van der Waals surface area contributed by atoms with Crippen LogP contribution in [-0.2, 0) is 16.0 Å². The molecule has 0 saturated heterocycles. The van der Waals surface area contributed by atoms with Gasteiger partial charge in [0.1, 0.15) is 6.10 Å². The number of benzene rings is 1. The van der Waals surface area contributed by atoms with Gasteiger partial charge in [0.05, 0.1) is 6.42 Å². The van der Waals surface area contributed by atoms with Gasteiger partial charge in [-0.1, -0.05) is 12.1 Å². The molecule has 1 heterocycles. The highest BCUT2D eigenvalue weighted by molar-refractivity contribution is 5.99. The summed E-state index contributed by atoms with van der Waals surface area (Å²) in [6, 6.07) is 4.72. The normalized spacial score (nSPS) is 17.2. The zero-order valence-corrected chi connectivity index (χ0v) is 8.88. The molecular weight excluding hydrogens is 224 g/mol. The van der Waals surface area contributed by atoms with Crippen LogP contribution in [0.15, 0.2) is 18.2 Å². The third-order valence-electron chi connectivity index (χ3n) is 2.69. The van der Waals surface area contributed by atoms with Gasteiger partial charge in [0.25, 0.3) is 0 Å².